The molecule has 30 heavy (non-hydrogen) atoms. The minimum Gasteiger partial charge on any atom is -0.399 e. The van der Waals surface area contributed by atoms with Gasteiger partial charge in [-0.2, -0.15) is 0 Å². The number of carbonyl (C=O) groups is 2. The van der Waals surface area contributed by atoms with Crippen molar-refractivity contribution < 1.29 is 9.59 Å². The fourth-order valence-electron chi connectivity index (χ4n) is 3.88. The van der Waals surface area contributed by atoms with E-state index in [2.05, 4.69) is 5.32 Å². The Hall–Kier alpha value is -3.12. The summed E-state index contributed by atoms with van der Waals surface area (Å²) < 4.78 is 0. The monoisotopic (exact) mass is 417 g/mol. The van der Waals surface area contributed by atoms with Gasteiger partial charge in [0.15, 0.2) is 0 Å². The smallest absolute Gasteiger partial charge is 0.261 e. The van der Waals surface area contributed by atoms with Crippen molar-refractivity contribution in [3.63, 3.8) is 0 Å². The molecule has 5 nitrogen and oxygen atoms in total. The van der Waals surface area contributed by atoms with Gasteiger partial charge in [-0.1, -0.05) is 18.2 Å². The van der Waals surface area contributed by atoms with E-state index in [0.717, 1.165) is 46.7 Å². The van der Waals surface area contributed by atoms with Gasteiger partial charge in [0.2, 0.25) is 0 Å². The lowest BCUT2D eigenvalue weighted by Crippen LogP contribution is -2.33. The van der Waals surface area contributed by atoms with Crippen LogP contribution in [0, 0.1) is 0 Å². The molecule has 1 fully saturated rings. The highest BCUT2D eigenvalue weighted by atomic mass is 32.1. The van der Waals surface area contributed by atoms with E-state index in [9.17, 15) is 9.59 Å². The number of hydrogen-bond donors (Lipinski definition) is 2. The van der Waals surface area contributed by atoms with E-state index in [1.807, 2.05) is 35.2 Å². The van der Waals surface area contributed by atoms with Crippen molar-refractivity contribution in [1.82, 2.24) is 5.32 Å². The number of thiophene rings is 1. The van der Waals surface area contributed by atoms with Gasteiger partial charge in [0, 0.05) is 34.3 Å². The zero-order chi connectivity index (χ0) is 20.7. The maximum atomic E-state index is 13.3. The maximum absolute atomic E-state index is 13.3. The average molecular weight is 418 g/mol. The lowest BCUT2D eigenvalue weighted by Gasteiger charge is -2.27. The highest BCUT2D eigenvalue weighted by molar-refractivity contribution is 7.17. The van der Waals surface area contributed by atoms with Gasteiger partial charge in [0.05, 0.1) is 10.6 Å². The Morgan fingerprint density at radius 2 is 1.83 bits per heavy atom. The molecule has 0 atom stereocenters. The first-order valence-corrected chi connectivity index (χ1v) is 11.1. The molecule has 1 saturated carbocycles. The highest BCUT2D eigenvalue weighted by Crippen LogP contribution is 2.41. The lowest BCUT2D eigenvalue weighted by atomic mass is 9.99. The summed E-state index contributed by atoms with van der Waals surface area (Å²) in [5.74, 6) is -0.0179. The molecule has 2 aromatic carbocycles. The van der Waals surface area contributed by atoms with Gasteiger partial charge in [-0.3, -0.25) is 9.59 Å². The van der Waals surface area contributed by atoms with Crippen LogP contribution in [0.15, 0.2) is 54.6 Å². The Labute approximate surface area is 179 Å². The molecule has 1 aliphatic heterocycles. The van der Waals surface area contributed by atoms with Gasteiger partial charge in [0.1, 0.15) is 0 Å². The highest BCUT2D eigenvalue weighted by Gasteiger charge is 2.28. The molecule has 6 heteroatoms. The Morgan fingerprint density at radius 3 is 2.60 bits per heavy atom. The number of benzene rings is 2. The number of amides is 2. The van der Waals surface area contributed by atoms with Crippen molar-refractivity contribution >= 4 is 34.5 Å². The zero-order valence-corrected chi connectivity index (χ0v) is 17.4. The molecular weight excluding hydrogens is 394 g/mol. The number of hydrogen-bond acceptors (Lipinski definition) is 4. The average Bonchev–Trinajstić information content (AvgIpc) is 3.46. The number of nitrogens with two attached hydrogens (primary N) is 1. The SMILES string of the molecule is Nc1ccc(C(=O)N2CCCc3cc(C(=O)NC4CC4)sc3-c3ccccc32)cc1. The number of nitrogen functional groups attached to an aromatic ring is 1. The third kappa shape index (κ3) is 3.59. The molecule has 1 aromatic heterocycles. The van der Waals surface area contributed by atoms with Crippen molar-refractivity contribution in [2.45, 2.75) is 31.7 Å². The molecule has 1 aliphatic carbocycles. The van der Waals surface area contributed by atoms with Gasteiger partial charge in [-0.05, 0) is 67.6 Å². The maximum Gasteiger partial charge on any atom is 0.261 e. The van der Waals surface area contributed by atoms with Crippen LogP contribution in [0.4, 0.5) is 11.4 Å². The number of nitrogens with zero attached hydrogens (tertiary/aromatic N) is 1. The summed E-state index contributed by atoms with van der Waals surface area (Å²) >= 11 is 1.52. The molecule has 5 rings (SSSR count). The van der Waals surface area contributed by atoms with Crippen molar-refractivity contribution in [3.8, 4) is 10.4 Å². The third-order valence-electron chi connectivity index (χ3n) is 5.62. The van der Waals surface area contributed by atoms with Gasteiger partial charge in [-0.25, -0.2) is 0 Å². The Bertz CT molecular complexity index is 1120. The summed E-state index contributed by atoms with van der Waals surface area (Å²) in [5, 5.41) is 3.08. The number of aryl methyl sites for hydroxylation is 1. The largest absolute Gasteiger partial charge is 0.399 e. The van der Waals surface area contributed by atoms with Crippen molar-refractivity contribution in [1.29, 1.82) is 0 Å². The van der Waals surface area contributed by atoms with Crippen molar-refractivity contribution in [2.75, 3.05) is 17.2 Å². The second-order valence-electron chi connectivity index (χ2n) is 7.91. The molecule has 2 amide bonds. The van der Waals surface area contributed by atoms with Gasteiger partial charge < -0.3 is 16.0 Å². The Balaban J connectivity index is 1.53. The minimum absolute atomic E-state index is 0.0153. The van der Waals surface area contributed by atoms with E-state index >= 15 is 0 Å². The molecule has 0 bridgehead atoms. The molecule has 0 unspecified atom stereocenters. The lowest BCUT2D eigenvalue weighted by molar-refractivity contribution is 0.0953. The standard InChI is InChI=1S/C24H23N3O2S/c25-17-9-7-15(8-10-17)24(29)27-13-3-4-16-14-21(23(28)26-18-11-12-18)30-22(16)19-5-1-2-6-20(19)27/h1-2,5-10,14,18H,3-4,11-13,25H2,(H,26,28). The molecular formula is C24H23N3O2S. The van der Waals surface area contributed by atoms with Crippen LogP contribution < -0.4 is 16.0 Å². The number of carbonyl (C=O) groups excluding carboxylic acids is 2. The Kier molecular flexibility index (Phi) is 4.79. The van der Waals surface area contributed by atoms with Gasteiger partial charge in [0.25, 0.3) is 11.8 Å². The quantitative estimate of drug-likeness (QED) is 0.617. The normalized spacial score (nSPS) is 15.5. The number of anilines is 2. The summed E-state index contributed by atoms with van der Waals surface area (Å²) in [4.78, 5) is 29.6. The molecule has 2 aliphatic rings. The fourth-order valence-corrected chi connectivity index (χ4v) is 5.03. The van der Waals surface area contributed by atoms with E-state index in [1.165, 1.54) is 16.9 Å². The topological polar surface area (TPSA) is 75.4 Å². The first-order chi connectivity index (χ1) is 14.6. The zero-order valence-electron chi connectivity index (χ0n) is 16.6. The number of fused-ring (bicyclic) bond motifs is 3. The van der Waals surface area contributed by atoms with Crippen LogP contribution in [-0.2, 0) is 6.42 Å². The molecule has 3 aromatic rings. The first-order valence-electron chi connectivity index (χ1n) is 10.3. The number of rotatable bonds is 3. The minimum atomic E-state index is -0.0332. The van der Waals surface area contributed by atoms with Crippen molar-refractivity contribution in [2.24, 2.45) is 0 Å². The summed E-state index contributed by atoms with van der Waals surface area (Å²) in [6.45, 7) is 0.624. The second-order valence-corrected chi connectivity index (χ2v) is 8.96. The van der Waals surface area contributed by atoms with E-state index < -0.39 is 0 Å². The number of nitrogens with one attached hydrogen (secondary N) is 1. The summed E-state index contributed by atoms with van der Waals surface area (Å²) in [6, 6.07) is 17.4. The van der Waals surface area contributed by atoms with E-state index in [0.29, 0.717) is 23.8 Å². The van der Waals surface area contributed by atoms with Crippen LogP contribution in [0.25, 0.3) is 10.4 Å². The van der Waals surface area contributed by atoms with Crippen LogP contribution in [-0.4, -0.2) is 24.4 Å². The first kappa shape index (κ1) is 18.9. The van der Waals surface area contributed by atoms with Crippen LogP contribution in [0.3, 0.4) is 0 Å². The summed E-state index contributed by atoms with van der Waals surface area (Å²) in [6.07, 6.45) is 3.81. The van der Waals surface area contributed by atoms with Gasteiger partial charge in [-0.15, -0.1) is 11.3 Å². The molecule has 3 N–H and O–H groups in total. The van der Waals surface area contributed by atoms with Crippen LogP contribution >= 0.6 is 11.3 Å². The van der Waals surface area contributed by atoms with Crippen molar-refractivity contribution in [3.05, 3.63) is 70.6 Å². The Morgan fingerprint density at radius 1 is 1.07 bits per heavy atom. The van der Waals surface area contributed by atoms with E-state index in [-0.39, 0.29) is 11.8 Å². The summed E-state index contributed by atoms with van der Waals surface area (Å²) in [7, 11) is 0. The summed E-state index contributed by atoms with van der Waals surface area (Å²) in [5.41, 5.74) is 10.1. The van der Waals surface area contributed by atoms with Gasteiger partial charge >= 0.3 is 0 Å². The molecule has 0 saturated heterocycles. The fraction of sp³-hybridized carbons (Fsp3) is 0.250. The van der Waals surface area contributed by atoms with Crippen LogP contribution in [0.1, 0.15) is 44.9 Å². The predicted molar refractivity (Wildman–Crippen MR) is 121 cm³/mol. The molecule has 0 spiro atoms. The third-order valence-corrected chi connectivity index (χ3v) is 6.82. The van der Waals surface area contributed by atoms with E-state index in [1.54, 1.807) is 24.3 Å². The molecule has 0 radical (unpaired) electrons. The molecule has 152 valence electrons. The number of para-hydroxylation sites is 1. The molecule has 2 heterocycles. The van der Waals surface area contributed by atoms with E-state index in [4.69, 9.17) is 5.73 Å². The van der Waals surface area contributed by atoms with Crippen LogP contribution in [0.2, 0.25) is 0 Å². The second kappa shape index (κ2) is 7.61. The predicted octanol–water partition coefficient (Wildman–Crippen LogP) is 4.48. The van der Waals surface area contributed by atoms with Crippen LogP contribution in [0.5, 0.6) is 0 Å².